The van der Waals surface area contributed by atoms with E-state index in [1.165, 1.54) is 0 Å². The van der Waals surface area contributed by atoms with Crippen molar-refractivity contribution in [1.82, 2.24) is 25.3 Å². The Labute approximate surface area is 194 Å². The van der Waals surface area contributed by atoms with Crippen LogP contribution in [-0.2, 0) is 11.2 Å². The predicted molar refractivity (Wildman–Crippen MR) is 126 cm³/mol. The Hall–Kier alpha value is -3.18. The monoisotopic (exact) mass is 500 g/mol. The molecule has 1 aliphatic rings. The van der Waals surface area contributed by atoms with Crippen molar-refractivity contribution in [2.45, 2.75) is 25.4 Å². The zero-order chi connectivity index (χ0) is 22.2. The van der Waals surface area contributed by atoms with Gasteiger partial charge in [-0.2, -0.15) is 4.98 Å². The molecule has 32 heavy (non-hydrogen) atoms. The highest BCUT2D eigenvalue weighted by molar-refractivity contribution is 9.10. The van der Waals surface area contributed by atoms with Crippen LogP contribution in [-0.4, -0.2) is 51.8 Å². The highest BCUT2D eigenvalue weighted by Crippen LogP contribution is 2.22. The second-order valence-electron chi connectivity index (χ2n) is 7.30. The van der Waals surface area contributed by atoms with Gasteiger partial charge in [-0.3, -0.25) is 0 Å². The predicted octanol–water partition coefficient (Wildman–Crippen LogP) is 3.66. The summed E-state index contributed by atoms with van der Waals surface area (Å²) in [6, 6.07) is 7.09. The molecule has 5 N–H and O–H groups in total. The van der Waals surface area contributed by atoms with E-state index < -0.39 is 0 Å². The smallest absolute Gasteiger partial charge is 0.319 e. The first kappa shape index (κ1) is 22.0. The molecule has 0 saturated carbocycles. The molecule has 1 aromatic carbocycles. The van der Waals surface area contributed by atoms with Crippen molar-refractivity contribution in [1.29, 1.82) is 0 Å². The molecule has 0 aliphatic carbocycles. The first-order chi connectivity index (χ1) is 15.7. The minimum absolute atomic E-state index is 0.114. The number of hydrogen-bond acceptors (Lipinski definition) is 7. The zero-order valence-electron chi connectivity index (χ0n) is 17.4. The Morgan fingerprint density at radius 3 is 2.81 bits per heavy atom. The third-order valence-corrected chi connectivity index (χ3v) is 5.47. The number of carbonyl (C=O) groups is 1. The van der Waals surface area contributed by atoms with Crippen LogP contribution in [0.2, 0.25) is 0 Å². The molecule has 1 atom stereocenters. The summed E-state index contributed by atoms with van der Waals surface area (Å²) < 4.78 is 6.28. The van der Waals surface area contributed by atoms with E-state index in [9.17, 15) is 4.79 Å². The van der Waals surface area contributed by atoms with E-state index in [4.69, 9.17) is 4.74 Å². The topological polar surface area (TPSA) is 129 Å². The van der Waals surface area contributed by atoms with Crippen LogP contribution in [0.3, 0.4) is 0 Å². The summed E-state index contributed by atoms with van der Waals surface area (Å²) in [5.41, 5.74) is 2.48. The molecule has 2 amide bonds. The maximum Gasteiger partial charge on any atom is 0.319 e. The molecule has 2 aromatic heterocycles. The highest BCUT2D eigenvalue weighted by atomic mass is 79.9. The van der Waals surface area contributed by atoms with Gasteiger partial charge in [-0.05, 0) is 53.0 Å². The van der Waals surface area contributed by atoms with E-state index in [-0.39, 0.29) is 12.1 Å². The van der Waals surface area contributed by atoms with Gasteiger partial charge in [0.05, 0.1) is 22.6 Å². The van der Waals surface area contributed by atoms with Crippen molar-refractivity contribution < 1.29 is 9.53 Å². The van der Waals surface area contributed by atoms with Gasteiger partial charge in [-0.25, -0.2) is 14.8 Å². The number of amides is 2. The van der Waals surface area contributed by atoms with Crippen molar-refractivity contribution >= 4 is 45.1 Å². The Morgan fingerprint density at radius 2 is 2.06 bits per heavy atom. The number of benzene rings is 1. The largest absolute Gasteiger partial charge is 0.376 e. The summed E-state index contributed by atoms with van der Waals surface area (Å²) in [7, 11) is 0. The van der Waals surface area contributed by atoms with Crippen LogP contribution in [0.5, 0.6) is 0 Å². The van der Waals surface area contributed by atoms with Crippen LogP contribution in [0, 0.1) is 0 Å². The molecule has 11 heteroatoms. The molecule has 0 radical (unpaired) electrons. The van der Waals surface area contributed by atoms with E-state index in [1.54, 1.807) is 12.5 Å². The number of aromatic amines is 1. The van der Waals surface area contributed by atoms with Crippen molar-refractivity contribution in [3.8, 4) is 0 Å². The molecule has 1 saturated heterocycles. The molecule has 1 aliphatic heterocycles. The minimum atomic E-state index is -0.247. The van der Waals surface area contributed by atoms with Crippen LogP contribution < -0.4 is 21.3 Å². The molecule has 1 unspecified atom stereocenters. The zero-order valence-corrected chi connectivity index (χ0v) is 19.0. The number of carbonyl (C=O) groups excluding carboxylic acids is 1. The maximum atomic E-state index is 12.0. The Morgan fingerprint density at radius 1 is 1.22 bits per heavy atom. The summed E-state index contributed by atoms with van der Waals surface area (Å²) in [5.74, 6) is 1.16. The number of anilines is 4. The number of aromatic nitrogens is 4. The van der Waals surface area contributed by atoms with E-state index in [2.05, 4.69) is 57.1 Å². The standard InChI is InChI=1S/C21H25BrN8O2/c22-18-12-25-20(30-19(18)24-8-7-16-10-23-13-27-16)28-14-3-5-15(6-4-14)29-21(31)26-11-17-2-1-9-32-17/h3-6,10,12-13,17H,1-2,7-9,11H2,(H,23,27)(H2,26,29,31)(H2,24,25,28,30). The highest BCUT2D eigenvalue weighted by Gasteiger charge is 2.16. The van der Waals surface area contributed by atoms with Gasteiger partial charge in [0, 0.05) is 49.9 Å². The Balaban J connectivity index is 1.27. The number of ether oxygens (including phenoxy) is 1. The Bertz CT molecular complexity index is 1010. The molecular formula is C21H25BrN8O2. The van der Waals surface area contributed by atoms with Crippen LogP contribution in [0.15, 0.2) is 47.5 Å². The molecule has 0 bridgehead atoms. The summed E-state index contributed by atoms with van der Waals surface area (Å²) in [6.45, 7) is 1.98. The SMILES string of the molecule is O=C(NCC1CCCO1)Nc1ccc(Nc2ncc(Br)c(NCCc3c[nH]cn3)n2)cc1. The van der Waals surface area contributed by atoms with Gasteiger partial charge in [0.2, 0.25) is 5.95 Å². The molecule has 0 spiro atoms. The van der Waals surface area contributed by atoms with Crippen LogP contribution in [0.25, 0.3) is 0 Å². The summed E-state index contributed by atoms with van der Waals surface area (Å²) in [5, 5.41) is 12.1. The molecule has 1 fully saturated rings. The second-order valence-corrected chi connectivity index (χ2v) is 8.15. The third kappa shape index (κ3) is 6.41. The first-order valence-electron chi connectivity index (χ1n) is 10.4. The lowest BCUT2D eigenvalue weighted by molar-refractivity contribution is 0.112. The van der Waals surface area contributed by atoms with Gasteiger partial charge >= 0.3 is 6.03 Å². The number of halogens is 1. The van der Waals surface area contributed by atoms with Gasteiger partial charge in [-0.1, -0.05) is 0 Å². The van der Waals surface area contributed by atoms with E-state index in [1.807, 2.05) is 30.5 Å². The summed E-state index contributed by atoms with van der Waals surface area (Å²) in [6.07, 6.45) is 8.15. The number of nitrogens with zero attached hydrogens (tertiary/aromatic N) is 3. The molecule has 3 heterocycles. The van der Waals surface area contributed by atoms with Gasteiger partial charge in [0.15, 0.2) is 0 Å². The second kappa shape index (κ2) is 10.9. The number of imidazole rings is 1. The van der Waals surface area contributed by atoms with Gasteiger partial charge in [0.25, 0.3) is 0 Å². The van der Waals surface area contributed by atoms with Crippen molar-refractivity contribution in [2.75, 3.05) is 35.6 Å². The van der Waals surface area contributed by atoms with Crippen LogP contribution in [0.1, 0.15) is 18.5 Å². The number of H-pyrrole nitrogens is 1. The van der Waals surface area contributed by atoms with Crippen molar-refractivity contribution in [2.24, 2.45) is 0 Å². The van der Waals surface area contributed by atoms with Gasteiger partial charge in [0.1, 0.15) is 5.82 Å². The molecular weight excluding hydrogens is 476 g/mol. The number of nitrogens with one attached hydrogen (secondary N) is 5. The van der Waals surface area contributed by atoms with Gasteiger partial charge < -0.3 is 31.0 Å². The van der Waals surface area contributed by atoms with Crippen LogP contribution in [0.4, 0.5) is 27.9 Å². The molecule has 4 rings (SSSR count). The quantitative estimate of drug-likeness (QED) is 0.303. The van der Waals surface area contributed by atoms with E-state index in [0.717, 1.165) is 41.7 Å². The van der Waals surface area contributed by atoms with Gasteiger partial charge in [-0.15, -0.1) is 0 Å². The van der Waals surface area contributed by atoms with Crippen molar-refractivity contribution in [3.05, 3.63) is 53.2 Å². The normalized spacial score (nSPS) is 15.3. The first-order valence-corrected chi connectivity index (χ1v) is 11.2. The number of rotatable bonds is 9. The lowest BCUT2D eigenvalue weighted by Crippen LogP contribution is -2.34. The fraction of sp³-hybridized carbons (Fsp3) is 0.333. The lowest BCUT2D eigenvalue weighted by atomic mass is 10.2. The number of urea groups is 1. The maximum absolute atomic E-state index is 12.0. The molecule has 3 aromatic rings. The third-order valence-electron chi connectivity index (χ3n) is 4.89. The molecule has 168 valence electrons. The van der Waals surface area contributed by atoms with Crippen LogP contribution >= 0.6 is 15.9 Å². The minimum Gasteiger partial charge on any atom is -0.376 e. The van der Waals surface area contributed by atoms with E-state index in [0.29, 0.717) is 30.5 Å². The lowest BCUT2D eigenvalue weighted by Gasteiger charge is -2.12. The van der Waals surface area contributed by atoms with Crippen molar-refractivity contribution in [3.63, 3.8) is 0 Å². The molecule has 10 nitrogen and oxygen atoms in total. The fourth-order valence-corrected chi connectivity index (χ4v) is 3.57. The number of hydrogen-bond donors (Lipinski definition) is 5. The summed E-state index contributed by atoms with van der Waals surface area (Å²) >= 11 is 3.47. The average molecular weight is 501 g/mol. The Kier molecular flexibility index (Phi) is 7.51. The average Bonchev–Trinajstić information content (AvgIpc) is 3.50. The fourth-order valence-electron chi connectivity index (χ4n) is 3.24. The van der Waals surface area contributed by atoms with E-state index >= 15 is 0 Å². The summed E-state index contributed by atoms with van der Waals surface area (Å²) in [4.78, 5) is 28.0.